The summed E-state index contributed by atoms with van der Waals surface area (Å²) < 4.78 is 61.9. The van der Waals surface area contributed by atoms with E-state index in [1.165, 1.54) is 18.6 Å². The van der Waals surface area contributed by atoms with Gasteiger partial charge in [-0.2, -0.15) is 13.2 Å². The molecule has 0 saturated carbocycles. The number of sulfone groups is 1. The predicted molar refractivity (Wildman–Crippen MR) is 76.8 cm³/mol. The van der Waals surface area contributed by atoms with Crippen molar-refractivity contribution in [3.63, 3.8) is 0 Å². The minimum atomic E-state index is -5.68. The molecule has 0 amide bonds. The first kappa shape index (κ1) is 17.9. The number of rotatable bonds is 4. The third-order valence-electron chi connectivity index (χ3n) is 3.30. The number of hydrogen-bond acceptors (Lipinski definition) is 5. The molecule has 0 aliphatic carbocycles. The van der Waals surface area contributed by atoms with Gasteiger partial charge in [0, 0.05) is 18.0 Å². The maximum atomic E-state index is 12.8. The van der Waals surface area contributed by atoms with Crippen LogP contribution in [0.1, 0.15) is 18.4 Å². The SMILES string of the molecule is CC(C(=O)O)c1cc(-c2cnccn2)ccc1S(=O)(=O)C(F)(F)F. The predicted octanol–water partition coefficient (Wildman–Crippen LogP) is 2.63. The van der Waals surface area contributed by atoms with E-state index >= 15 is 0 Å². The number of carbonyl (C=O) groups is 1. The van der Waals surface area contributed by atoms with Gasteiger partial charge >= 0.3 is 11.5 Å². The first-order chi connectivity index (χ1) is 11.1. The molecule has 1 aromatic carbocycles. The summed E-state index contributed by atoms with van der Waals surface area (Å²) in [6.07, 6.45) is 4.05. The molecule has 6 nitrogen and oxygen atoms in total. The van der Waals surface area contributed by atoms with Crippen molar-refractivity contribution in [1.29, 1.82) is 0 Å². The van der Waals surface area contributed by atoms with Gasteiger partial charge in [-0.05, 0) is 24.6 Å². The zero-order valence-corrected chi connectivity index (χ0v) is 13.0. The maximum Gasteiger partial charge on any atom is 0.501 e. The number of aliphatic carboxylic acids is 1. The van der Waals surface area contributed by atoms with Gasteiger partial charge in [0.2, 0.25) is 0 Å². The molecule has 1 N–H and O–H groups in total. The highest BCUT2D eigenvalue weighted by molar-refractivity contribution is 7.92. The maximum absolute atomic E-state index is 12.8. The smallest absolute Gasteiger partial charge is 0.481 e. The summed E-state index contributed by atoms with van der Waals surface area (Å²) in [5.41, 5.74) is -5.48. The Kier molecular flexibility index (Phi) is 4.61. The summed E-state index contributed by atoms with van der Waals surface area (Å²) in [6, 6.07) is 2.93. The molecular weight excluding hydrogens is 349 g/mol. The molecule has 0 bridgehead atoms. The van der Waals surface area contributed by atoms with Crippen LogP contribution in [-0.2, 0) is 14.6 Å². The highest BCUT2D eigenvalue weighted by Crippen LogP contribution is 2.36. The number of benzene rings is 1. The third-order valence-corrected chi connectivity index (χ3v) is 4.86. The third kappa shape index (κ3) is 3.23. The van der Waals surface area contributed by atoms with Gasteiger partial charge < -0.3 is 5.11 Å². The molecular formula is C14H11F3N2O4S. The monoisotopic (exact) mass is 360 g/mol. The number of nitrogens with zero attached hydrogens (tertiary/aromatic N) is 2. The van der Waals surface area contributed by atoms with Crippen LogP contribution in [0.25, 0.3) is 11.3 Å². The fraction of sp³-hybridized carbons (Fsp3) is 0.214. The lowest BCUT2D eigenvalue weighted by atomic mass is 9.98. The average Bonchev–Trinajstić information content (AvgIpc) is 2.53. The van der Waals surface area contributed by atoms with Gasteiger partial charge in [-0.3, -0.25) is 14.8 Å². The van der Waals surface area contributed by atoms with Crippen molar-refractivity contribution in [2.45, 2.75) is 23.2 Å². The molecule has 1 unspecified atom stereocenters. The van der Waals surface area contributed by atoms with Crippen molar-refractivity contribution in [3.05, 3.63) is 42.4 Å². The molecule has 1 aromatic heterocycles. The van der Waals surface area contributed by atoms with Gasteiger partial charge in [-0.1, -0.05) is 6.07 Å². The minimum Gasteiger partial charge on any atom is -0.481 e. The molecule has 2 rings (SSSR count). The van der Waals surface area contributed by atoms with Crippen molar-refractivity contribution >= 4 is 15.8 Å². The van der Waals surface area contributed by atoms with Crippen LogP contribution in [0.4, 0.5) is 13.2 Å². The van der Waals surface area contributed by atoms with Crippen molar-refractivity contribution in [2.24, 2.45) is 0 Å². The Bertz CT molecular complexity index is 867. The molecule has 0 aliphatic heterocycles. The number of alkyl halides is 3. The highest BCUT2D eigenvalue weighted by atomic mass is 32.2. The van der Waals surface area contributed by atoms with Crippen LogP contribution in [0.3, 0.4) is 0 Å². The van der Waals surface area contributed by atoms with Crippen molar-refractivity contribution < 1.29 is 31.5 Å². The van der Waals surface area contributed by atoms with Crippen LogP contribution in [-0.4, -0.2) is 35.0 Å². The van der Waals surface area contributed by atoms with Crippen molar-refractivity contribution in [1.82, 2.24) is 9.97 Å². The van der Waals surface area contributed by atoms with Crippen LogP contribution in [0, 0.1) is 0 Å². The van der Waals surface area contributed by atoms with Crippen molar-refractivity contribution in [2.75, 3.05) is 0 Å². The fourth-order valence-corrected chi connectivity index (χ4v) is 3.04. The lowest BCUT2D eigenvalue weighted by Crippen LogP contribution is -2.25. The summed E-state index contributed by atoms with van der Waals surface area (Å²) in [5.74, 6) is -2.92. The molecule has 1 heterocycles. The number of carboxylic acid groups (broad SMARTS) is 1. The quantitative estimate of drug-likeness (QED) is 0.900. The van der Waals surface area contributed by atoms with Gasteiger partial charge in [-0.25, -0.2) is 8.42 Å². The lowest BCUT2D eigenvalue weighted by Gasteiger charge is -2.16. The topological polar surface area (TPSA) is 97.2 Å². The fourth-order valence-electron chi connectivity index (χ4n) is 2.00. The highest BCUT2D eigenvalue weighted by Gasteiger charge is 2.48. The second-order valence-corrected chi connectivity index (χ2v) is 6.76. The van der Waals surface area contributed by atoms with Crippen LogP contribution in [0.5, 0.6) is 0 Å². The molecule has 0 fully saturated rings. The van der Waals surface area contributed by atoms with Crippen LogP contribution >= 0.6 is 0 Å². The first-order valence-electron chi connectivity index (χ1n) is 6.50. The Morgan fingerprint density at radius 3 is 2.42 bits per heavy atom. The Hall–Kier alpha value is -2.49. The van der Waals surface area contributed by atoms with E-state index in [0.717, 1.165) is 25.1 Å². The van der Waals surface area contributed by atoms with E-state index < -0.39 is 37.7 Å². The first-order valence-corrected chi connectivity index (χ1v) is 7.98. The van der Waals surface area contributed by atoms with E-state index in [4.69, 9.17) is 5.11 Å². The van der Waals surface area contributed by atoms with E-state index in [0.29, 0.717) is 0 Å². The Morgan fingerprint density at radius 1 is 1.25 bits per heavy atom. The summed E-state index contributed by atoms with van der Waals surface area (Å²) in [7, 11) is -5.68. The second kappa shape index (κ2) is 6.19. The van der Waals surface area contributed by atoms with E-state index in [1.54, 1.807) is 0 Å². The minimum absolute atomic E-state index is 0.257. The summed E-state index contributed by atoms with van der Waals surface area (Å²) in [4.78, 5) is 17.8. The Labute approximate surface area is 134 Å². The van der Waals surface area contributed by atoms with E-state index in [1.807, 2.05) is 0 Å². The number of halogens is 3. The normalized spacial score (nSPS) is 13.5. The molecule has 2 aromatic rings. The van der Waals surface area contributed by atoms with Gasteiger partial charge in [0.15, 0.2) is 0 Å². The van der Waals surface area contributed by atoms with Gasteiger partial charge in [0.05, 0.1) is 22.7 Å². The molecule has 0 saturated heterocycles. The molecule has 0 spiro atoms. The van der Waals surface area contributed by atoms with Crippen LogP contribution in [0.15, 0.2) is 41.7 Å². The molecule has 1 atom stereocenters. The molecule has 10 heteroatoms. The molecule has 0 radical (unpaired) electrons. The van der Waals surface area contributed by atoms with E-state index in [2.05, 4.69) is 9.97 Å². The largest absolute Gasteiger partial charge is 0.501 e. The lowest BCUT2D eigenvalue weighted by molar-refractivity contribution is -0.138. The summed E-state index contributed by atoms with van der Waals surface area (Å²) in [6.45, 7) is 1.10. The number of carboxylic acids is 1. The Morgan fingerprint density at radius 2 is 1.92 bits per heavy atom. The molecule has 0 aliphatic rings. The van der Waals surface area contributed by atoms with Crippen LogP contribution < -0.4 is 0 Å². The number of hydrogen-bond donors (Lipinski definition) is 1. The second-order valence-electron chi connectivity index (χ2n) is 4.85. The van der Waals surface area contributed by atoms with E-state index in [9.17, 15) is 26.4 Å². The zero-order chi connectivity index (χ0) is 18.1. The van der Waals surface area contributed by atoms with Crippen LogP contribution in [0.2, 0.25) is 0 Å². The summed E-state index contributed by atoms with van der Waals surface area (Å²) in [5, 5.41) is 9.09. The van der Waals surface area contributed by atoms with Gasteiger partial charge in [0.1, 0.15) is 0 Å². The number of aromatic nitrogens is 2. The van der Waals surface area contributed by atoms with E-state index in [-0.39, 0.29) is 11.3 Å². The summed E-state index contributed by atoms with van der Waals surface area (Å²) >= 11 is 0. The van der Waals surface area contributed by atoms with Gasteiger partial charge in [0.25, 0.3) is 9.84 Å². The average molecular weight is 360 g/mol. The standard InChI is InChI=1S/C14H11F3N2O4S/c1-8(13(20)21)10-6-9(11-7-18-4-5-19-11)2-3-12(10)24(22,23)14(15,16)17/h2-8H,1H3,(H,20,21). The molecule has 24 heavy (non-hydrogen) atoms. The zero-order valence-electron chi connectivity index (χ0n) is 12.1. The van der Waals surface area contributed by atoms with Gasteiger partial charge in [-0.15, -0.1) is 0 Å². The Balaban J connectivity index is 2.72. The van der Waals surface area contributed by atoms with Crippen molar-refractivity contribution in [3.8, 4) is 11.3 Å². The molecule has 128 valence electrons.